The maximum absolute atomic E-state index is 12.0. The number of urea groups is 1. The number of benzene rings is 1. The van der Waals surface area contributed by atoms with E-state index in [1.165, 1.54) is 11.9 Å². The van der Waals surface area contributed by atoms with Crippen molar-refractivity contribution < 1.29 is 24.5 Å². The Hall–Kier alpha value is -2.16. The lowest BCUT2D eigenvalue weighted by Gasteiger charge is -2.16. The van der Waals surface area contributed by atoms with Crippen LogP contribution in [0.15, 0.2) is 40.8 Å². The molecular weight excluding hydrogens is 380 g/mol. The van der Waals surface area contributed by atoms with Gasteiger partial charge in [-0.05, 0) is 43.9 Å². The maximum atomic E-state index is 12.0. The predicted molar refractivity (Wildman–Crippen MR) is 116 cm³/mol. The van der Waals surface area contributed by atoms with E-state index in [-0.39, 0.29) is 6.03 Å². The molecule has 1 aliphatic rings. The van der Waals surface area contributed by atoms with Crippen molar-refractivity contribution in [1.29, 1.82) is 0 Å². The minimum atomic E-state index is -0.873. The largest absolute Gasteiger partial charge is 0.497 e. The van der Waals surface area contributed by atoms with E-state index in [4.69, 9.17) is 14.6 Å². The first kappa shape index (κ1) is 25.8. The molecule has 0 fully saturated rings. The lowest BCUT2D eigenvalue weighted by Crippen LogP contribution is -2.23. The predicted octanol–water partition coefficient (Wildman–Crippen LogP) is 4.09. The van der Waals surface area contributed by atoms with Crippen LogP contribution in [0.4, 0.5) is 10.5 Å². The molecule has 0 saturated heterocycles. The average Bonchev–Trinajstić information content (AvgIpc) is 3.19. The number of carbonyl (C=O) groups excluding carboxylic acids is 1. The molecule has 1 aromatic carbocycles. The molecule has 0 heterocycles. The second-order valence-electron chi connectivity index (χ2n) is 5.79. The highest BCUT2D eigenvalue weighted by Crippen LogP contribution is 2.31. The molecule has 8 heteroatoms. The van der Waals surface area contributed by atoms with Gasteiger partial charge in [-0.2, -0.15) is 0 Å². The van der Waals surface area contributed by atoms with Gasteiger partial charge >= 0.3 is 6.03 Å². The van der Waals surface area contributed by atoms with Crippen LogP contribution in [0.2, 0.25) is 0 Å². The monoisotopic (exact) mass is 412 g/mol. The van der Waals surface area contributed by atoms with E-state index < -0.39 is 5.60 Å². The van der Waals surface area contributed by atoms with Gasteiger partial charge in [0.2, 0.25) is 0 Å². The van der Waals surface area contributed by atoms with Crippen molar-refractivity contribution in [1.82, 2.24) is 4.72 Å². The summed E-state index contributed by atoms with van der Waals surface area (Å²) >= 11 is 1.22. The van der Waals surface area contributed by atoms with Crippen LogP contribution in [0.25, 0.3) is 0 Å². The fourth-order valence-corrected chi connectivity index (χ4v) is 2.77. The molecule has 0 bridgehead atoms. The Morgan fingerprint density at radius 3 is 2.07 bits per heavy atom. The van der Waals surface area contributed by atoms with Crippen LogP contribution in [0, 0.1) is 0 Å². The van der Waals surface area contributed by atoms with Gasteiger partial charge in [0.15, 0.2) is 0 Å². The van der Waals surface area contributed by atoms with E-state index in [1.807, 2.05) is 26.0 Å². The third-order valence-corrected chi connectivity index (χ3v) is 4.26. The van der Waals surface area contributed by atoms with E-state index in [0.717, 1.165) is 17.6 Å². The van der Waals surface area contributed by atoms with E-state index in [1.54, 1.807) is 46.3 Å². The Balaban J connectivity index is 0.00000171. The molecule has 4 N–H and O–H groups in total. The number of carbonyl (C=O) groups is 1. The van der Waals surface area contributed by atoms with Crippen LogP contribution in [0.3, 0.4) is 0 Å². The Bertz CT molecular complexity index is 659. The molecule has 0 aliphatic heterocycles. The van der Waals surface area contributed by atoms with Crippen LogP contribution >= 0.6 is 11.9 Å². The first-order valence-electron chi connectivity index (χ1n) is 8.87. The summed E-state index contributed by atoms with van der Waals surface area (Å²) < 4.78 is 13.1. The molecule has 0 radical (unpaired) electrons. The Morgan fingerprint density at radius 1 is 1.11 bits per heavy atom. The normalized spacial score (nSPS) is 12.3. The number of aliphatic hydroxyl groups is 2. The molecular formula is C20H32N2O5S. The molecule has 0 spiro atoms. The van der Waals surface area contributed by atoms with E-state index in [2.05, 4.69) is 10.0 Å². The van der Waals surface area contributed by atoms with Crippen molar-refractivity contribution in [3.05, 3.63) is 40.8 Å². The molecule has 1 aliphatic carbocycles. The van der Waals surface area contributed by atoms with Gasteiger partial charge in [-0.1, -0.05) is 19.9 Å². The van der Waals surface area contributed by atoms with Gasteiger partial charge in [0.1, 0.15) is 11.5 Å². The summed E-state index contributed by atoms with van der Waals surface area (Å²) in [5.74, 6) is 1.18. The number of methoxy groups -OCH3 is 2. The van der Waals surface area contributed by atoms with Crippen molar-refractivity contribution in [3.63, 3.8) is 0 Å². The molecule has 28 heavy (non-hydrogen) atoms. The third kappa shape index (κ3) is 8.69. The summed E-state index contributed by atoms with van der Waals surface area (Å²) in [6.07, 6.45) is 4.53. The summed E-state index contributed by atoms with van der Waals surface area (Å²) in [6.45, 7) is 7.47. The van der Waals surface area contributed by atoms with Gasteiger partial charge in [0, 0.05) is 35.9 Å². The number of ether oxygens (including phenoxy) is 2. The second-order valence-corrected chi connectivity index (χ2v) is 6.73. The minimum absolute atomic E-state index is 0.354. The number of hydrogen-bond acceptors (Lipinski definition) is 6. The molecule has 2 rings (SSSR count). The number of aliphatic hydroxyl groups excluding tert-OH is 1. The zero-order valence-electron chi connectivity index (χ0n) is 17.6. The van der Waals surface area contributed by atoms with Crippen molar-refractivity contribution >= 4 is 23.7 Å². The highest BCUT2D eigenvalue weighted by atomic mass is 32.2. The van der Waals surface area contributed by atoms with E-state index in [0.29, 0.717) is 23.6 Å². The van der Waals surface area contributed by atoms with Crippen molar-refractivity contribution in [2.24, 2.45) is 0 Å². The van der Waals surface area contributed by atoms with Crippen LogP contribution in [0.5, 0.6) is 11.5 Å². The molecule has 2 amide bonds. The van der Waals surface area contributed by atoms with Crippen LogP contribution < -0.4 is 19.5 Å². The maximum Gasteiger partial charge on any atom is 0.329 e. The van der Waals surface area contributed by atoms with E-state index >= 15 is 0 Å². The molecule has 0 unspecified atom stereocenters. The summed E-state index contributed by atoms with van der Waals surface area (Å²) in [6, 6.07) is 4.78. The second kappa shape index (κ2) is 13.1. The van der Waals surface area contributed by atoms with Crippen molar-refractivity contribution in [3.8, 4) is 11.5 Å². The average molecular weight is 413 g/mol. The summed E-state index contributed by atoms with van der Waals surface area (Å²) in [5.41, 5.74) is 0.548. The van der Waals surface area contributed by atoms with Gasteiger partial charge in [-0.3, -0.25) is 4.72 Å². The van der Waals surface area contributed by atoms with Crippen LogP contribution in [-0.2, 0) is 0 Å². The molecule has 0 saturated carbocycles. The topological polar surface area (TPSA) is 100 Å². The fraction of sp³-hybridized carbons (Fsp3) is 0.450. The van der Waals surface area contributed by atoms with Gasteiger partial charge in [0.25, 0.3) is 0 Å². The first-order valence-corrected chi connectivity index (χ1v) is 9.68. The lowest BCUT2D eigenvalue weighted by atomic mass is 10.00. The van der Waals surface area contributed by atoms with Crippen molar-refractivity contribution in [2.45, 2.75) is 39.7 Å². The highest BCUT2D eigenvalue weighted by Gasteiger charge is 2.21. The van der Waals surface area contributed by atoms with Crippen LogP contribution in [-0.4, -0.2) is 43.2 Å². The number of rotatable bonds is 6. The SMILES string of the molecule is CC.CO.COc1cc(NC(=O)NSC2=CC(C(C)(C)O)=CC2)cc(OC)c1. The van der Waals surface area contributed by atoms with Gasteiger partial charge < -0.3 is 25.0 Å². The fourth-order valence-electron chi connectivity index (χ4n) is 2.15. The molecule has 0 atom stereocenters. The first-order chi connectivity index (χ1) is 13.3. The smallest absolute Gasteiger partial charge is 0.329 e. The minimum Gasteiger partial charge on any atom is -0.497 e. The number of anilines is 1. The van der Waals surface area contributed by atoms with Crippen molar-refractivity contribution in [2.75, 3.05) is 26.6 Å². The Morgan fingerprint density at radius 2 is 1.64 bits per heavy atom. The molecule has 158 valence electrons. The zero-order valence-corrected chi connectivity index (χ0v) is 18.4. The van der Waals surface area contributed by atoms with Crippen LogP contribution in [0.1, 0.15) is 34.1 Å². The summed E-state index contributed by atoms with van der Waals surface area (Å²) in [7, 11) is 4.10. The van der Waals surface area contributed by atoms with Gasteiger partial charge in [0.05, 0.1) is 19.8 Å². The Kier molecular flexibility index (Phi) is 12.1. The lowest BCUT2D eigenvalue weighted by molar-refractivity contribution is 0.124. The zero-order chi connectivity index (χ0) is 21.7. The summed E-state index contributed by atoms with van der Waals surface area (Å²) in [4.78, 5) is 13.0. The number of nitrogens with one attached hydrogen (secondary N) is 2. The van der Waals surface area contributed by atoms with Gasteiger partial charge in [-0.15, -0.1) is 0 Å². The third-order valence-electron chi connectivity index (χ3n) is 3.43. The molecule has 0 aromatic heterocycles. The molecule has 7 nitrogen and oxygen atoms in total. The highest BCUT2D eigenvalue weighted by molar-refractivity contribution is 8.01. The standard InChI is InChI=1S/C17H22N2O4S.C2H6.CH4O/c1-17(2,21)11-5-6-15(7-11)24-19-16(20)18-12-8-13(22-3)10-14(9-12)23-4;2*1-2/h5,7-10,21H,6H2,1-4H3,(H2,18,19,20);1-2H3;2H,1H3. The van der Waals surface area contributed by atoms with Gasteiger partial charge in [-0.25, -0.2) is 4.79 Å². The summed E-state index contributed by atoms with van der Waals surface area (Å²) in [5, 5.41) is 19.7. The number of allylic oxidation sites excluding steroid dienone is 2. The van der Waals surface area contributed by atoms with E-state index in [9.17, 15) is 9.90 Å². The molecule has 1 aromatic rings. The Labute approximate surface area is 172 Å². The quantitative estimate of drug-likeness (QED) is 0.525. The number of amides is 2. The number of hydrogen-bond donors (Lipinski definition) is 4.